The van der Waals surface area contributed by atoms with Crippen molar-refractivity contribution in [3.05, 3.63) is 59.2 Å². The van der Waals surface area contributed by atoms with Gasteiger partial charge in [0, 0.05) is 23.3 Å². The minimum Gasteiger partial charge on any atom is -0.493 e. The number of methoxy groups -OCH3 is 3. The van der Waals surface area contributed by atoms with E-state index in [2.05, 4.69) is 24.5 Å². The van der Waals surface area contributed by atoms with E-state index in [1.807, 2.05) is 43.5 Å². The Bertz CT molecular complexity index is 986. The molecule has 0 N–H and O–H groups in total. The number of para-hydroxylation sites is 1. The fraction of sp³-hybridized carbons (Fsp3) is 0.304. The summed E-state index contributed by atoms with van der Waals surface area (Å²) in [5.74, 6) is 1.07. The molecule has 146 valence electrons. The van der Waals surface area contributed by atoms with Crippen molar-refractivity contribution in [3.63, 3.8) is 0 Å². The van der Waals surface area contributed by atoms with Gasteiger partial charge in [-0.15, -0.1) is 0 Å². The summed E-state index contributed by atoms with van der Waals surface area (Å²) >= 11 is 0. The summed E-state index contributed by atoms with van der Waals surface area (Å²) in [5.41, 5.74) is 4.52. The number of fused-ring (bicyclic) bond motifs is 1. The van der Waals surface area contributed by atoms with Crippen molar-refractivity contribution in [1.29, 1.82) is 0 Å². The highest BCUT2D eigenvalue weighted by molar-refractivity contribution is 6.06. The Balaban J connectivity index is 2.03. The van der Waals surface area contributed by atoms with Crippen LogP contribution in [0.3, 0.4) is 0 Å². The summed E-state index contributed by atoms with van der Waals surface area (Å²) in [4.78, 5) is 11.9. The molecule has 1 aliphatic rings. The molecule has 0 saturated carbocycles. The van der Waals surface area contributed by atoms with E-state index in [9.17, 15) is 4.79 Å². The van der Waals surface area contributed by atoms with Crippen molar-refractivity contribution >= 4 is 23.4 Å². The van der Waals surface area contributed by atoms with Crippen LogP contribution in [0, 0.1) is 0 Å². The predicted molar refractivity (Wildman–Crippen MR) is 110 cm³/mol. The summed E-state index contributed by atoms with van der Waals surface area (Å²) in [6.45, 7) is 4.30. The van der Waals surface area contributed by atoms with Gasteiger partial charge in [0.1, 0.15) is 7.05 Å². The molecule has 28 heavy (non-hydrogen) atoms. The third-order valence-electron chi connectivity index (χ3n) is 5.31. The van der Waals surface area contributed by atoms with Crippen molar-refractivity contribution in [3.8, 4) is 11.5 Å². The van der Waals surface area contributed by atoms with Crippen LogP contribution in [0.4, 0.5) is 5.69 Å². The SMILES string of the molecule is COC(=O)c1ccc2c(c1)C(C)(C)C(/C=C/c1cccc(OC)c1OC)=[N+]2C. The maximum Gasteiger partial charge on any atom is 0.337 e. The fourth-order valence-corrected chi connectivity index (χ4v) is 3.79. The van der Waals surface area contributed by atoms with Gasteiger partial charge < -0.3 is 14.2 Å². The smallest absolute Gasteiger partial charge is 0.337 e. The van der Waals surface area contributed by atoms with E-state index in [0.29, 0.717) is 17.1 Å². The molecular formula is C23H26NO4+. The lowest BCUT2D eigenvalue weighted by Gasteiger charge is -2.16. The molecule has 0 fully saturated rings. The van der Waals surface area contributed by atoms with Gasteiger partial charge in [0.25, 0.3) is 0 Å². The molecule has 1 heterocycles. The number of esters is 1. The molecule has 0 unspecified atom stereocenters. The van der Waals surface area contributed by atoms with E-state index in [1.54, 1.807) is 20.3 Å². The average molecular weight is 380 g/mol. The third kappa shape index (κ3) is 3.17. The van der Waals surface area contributed by atoms with Gasteiger partial charge in [0.15, 0.2) is 17.2 Å². The molecule has 0 amide bonds. The van der Waals surface area contributed by atoms with Gasteiger partial charge in [-0.2, -0.15) is 4.58 Å². The Morgan fingerprint density at radius 2 is 1.79 bits per heavy atom. The molecule has 0 saturated heterocycles. The second-order valence-corrected chi connectivity index (χ2v) is 7.21. The van der Waals surface area contributed by atoms with Crippen LogP contribution in [-0.4, -0.2) is 44.6 Å². The lowest BCUT2D eigenvalue weighted by atomic mass is 9.80. The predicted octanol–water partition coefficient (Wildman–Crippen LogP) is 4.21. The molecule has 3 rings (SSSR count). The van der Waals surface area contributed by atoms with E-state index < -0.39 is 0 Å². The van der Waals surface area contributed by atoms with Crippen LogP contribution in [0.2, 0.25) is 0 Å². The average Bonchev–Trinajstić information content (AvgIpc) is 2.90. The molecule has 1 aliphatic heterocycles. The number of benzene rings is 2. The highest BCUT2D eigenvalue weighted by Gasteiger charge is 2.43. The molecule has 0 aromatic heterocycles. The Hall–Kier alpha value is -3.08. The summed E-state index contributed by atoms with van der Waals surface area (Å²) < 4.78 is 17.9. The topological polar surface area (TPSA) is 47.8 Å². The minimum absolute atomic E-state index is 0.267. The lowest BCUT2D eigenvalue weighted by molar-refractivity contribution is -0.401. The largest absolute Gasteiger partial charge is 0.493 e. The van der Waals surface area contributed by atoms with E-state index in [4.69, 9.17) is 14.2 Å². The summed E-state index contributed by atoms with van der Waals surface area (Å²) in [6.07, 6.45) is 4.12. The fourth-order valence-electron chi connectivity index (χ4n) is 3.79. The van der Waals surface area contributed by atoms with Crippen LogP contribution < -0.4 is 9.47 Å². The molecular weight excluding hydrogens is 354 g/mol. The summed E-state index contributed by atoms with van der Waals surface area (Å²) in [6, 6.07) is 11.5. The van der Waals surface area contributed by atoms with E-state index >= 15 is 0 Å². The van der Waals surface area contributed by atoms with Gasteiger partial charge in [-0.05, 0) is 38.1 Å². The zero-order chi connectivity index (χ0) is 20.5. The number of ether oxygens (including phenoxy) is 3. The van der Waals surface area contributed by atoms with Crippen molar-refractivity contribution in [2.45, 2.75) is 19.3 Å². The standard InChI is InChI=1S/C23H26NO4/c1-23(2)17-14-16(22(25)28-6)10-12-18(17)24(3)20(23)13-11-15-8-7-9-19(26-4)21(15)27-5/h7-14H,1-6H3/q+1/b13-11+. The number of carbonyl (C=O) groups excluding carboxylic acids is 1. The van der Waals surface area contributed by atoms with Crippen LogP contribution in [-0.2, 0) is 10.2 Å². The van der Waals surface area contributed by atoms with Crippen molar-refractivity contribution < 1.29 is 23.6 Å². The Labute approximate surface area is 165 Å². The zero-order valence-electron chi connectivity index (χ0n) is 17.2. The lowest BCUT2D eigenvalue weighted by Crippen LogP contribution is -2.26. The Morgan fingerprint density at radius 1 is 1.04 bits per heavy atom. The van der Waals surface area contributed by atoms with Gasteiger partial charge in [-0.1, -0.05) is 12.1 Å². The number of nitrogens with zero attached hydrogens (tertiary/aromatic N) is 1. The second kappa shape index (κ2) is 7.50. The van der Waals surface area contributed by atoms with Gasteiger partial charge >= 0.3 is 5.97 Å². The van der Waals surface area contributed by atoms with E-state index in [0.717, 1.165) is 22.5 Å². The van der Waals surface area contributed by atoms with Crippen LogP contribution in [0.15, 0.2) is 42.5 Å². The zero-order valence-corrected chi connectivity index (χ0v) is 17.2. The van der Waals surface area contributed by atoms with Gasteiger partial charge in [-0.25, -0.2) is 4.79 Å². The Kier molecular flexibility index (Phi) is 5.27. The first-order chi connectivity index (χ1) is 13.3. The van der Waals surface area contributed by atoms with Gasteiger partial charge in [-0.3, -0.25) is 0 Å². The van der Waals surface area contributed by atoms with Crippen LogP contribution in [0.25, 0.3) is 6.08 Å². The molecule has 2 aromatic carbocycles. The number of hydrogen-bond donors (Lipinski definition) is 0. The first-order valence-electron chi connectivity index (χ1n) is 9.08. The monoisotopic (exact) mass is 380 g/mol. The molecule has 0 bridgehead atoms. The molecule has 0 atom stereocenters. The molecule has 2 aromatic rings. The maximum atomic E-state index is 11.9. The number of rotatable bonds is 5. The quantitative estimate of drug-likeness (QED) is 0.576. The molecule has 0 spiro atoms. The van der Waals surface area contributed by atoms with E-state index in [-0.39, 0.29) is 11.4 Å². The first-order valence-corrected chi connectivity index (χ1v) is 9.08. The first kappa shape index (κ1) is 19.7. The van der Waals surface area contributed by atoms with Crippen LogP contribution in [0.1, 0.15) is 35.3 Å². The number of carbonyl (C=O) groups is 1. The Morgan fingerprint density at radius 3 is 2.43 bits per heavy atom. The molecule has 0 radical (unpaired) electrons. The minimum atomic E-state index is -0.327. The summed E-state index contributed by atoms with van der Waals surface area (Å²) in [5, 5.41) is 0. The molecule has 0 aliphatic carbocycles. The van der Waals surface area contributed by atoms with Crippen LogP contribution in [0.5, 0.6) is 11.5 Å². The van der Waals surface area contributed by atoms with Gasteiger partial charge in [0.05, 0.1) is 32.3 Å². The maximum absolute atomic E-state index is 11.9. The second-order valence-electron chi connectivity index (χ2n) is 7.21. The van der Waals surface area contributed by atoms with Crippen LogP contribution >= 0.6 is 0 Å². The van der Waals surface area contributed by atoms with Crippen molar-refractivity contribution in [2.24, 2.45) is 0 Å². The van der Waals surface area contributed by atoms with Crippen molar-refractivity contribution in [2.75, 3.05) is 28.4 Å². The molecule has 5 nitrogen and oxygen atoms in total. The number of allylic oxidation sites excluding steroid dienone is 1. The van der Waals surface area contributed by atoms with Gasteiger partial charge in [0.2, 0.25) is 5.69 Å². The highest BCUT2D eigenvalue weighted by Crippen LogP contribution is 2.40. The number of hydrogen-bond acceptors (Lipinski definition) is 4. The molecule has 5 heteroatoms. The highest BCUT2D eigenvalue weighted by atomic mass is 16.5. The summed E-state index contributed by atoms with van der Waals surface area (Å²) in [7, 11) is 6.70. The third-order valence-corrected chi connectivity index (χ3v) is 5.31. The normalized spacial score (nSPS) is 14.9. The van der Waals surface area contributed by atoms with E-state index in [1.165, 1.54) is 7.11 Å². The van der Waals surface area contributed by atoms with Crippen molar-refractivity contribution in [1.82, 2.24) is 0 Å².